The van der Waals surface area contributed by atoms with Gasteiger partial charge in [-0.2, -0.15) is 13.1 Å². The van der Waals surface area contributed by atoms with Gasteiger partial charge in [-0.15, -0.1) is 0 Å². The number of carbonyl (C=O) groups is 1. The van der Waals surface area contributed by atoms with Crippen LogP contribution in [0.15, 0.2) is 12.2 Å². The SMILES string of the molecule is C/C=C/CCNS(=O)(=O)NC(=O)OC(C)C. The molecule has 94 valence electrons. The number of carbonyl (C=O) groups excluding carboxylic acids is 1. The van der Waals surface area contributed by atoms with Crippen LogP contribution in [-0.4, -0.2) is 27.2 Å². The minimum Gasteiger partial charge on any atom is -0.446 e. The van der Waals surface area contributed by atoms with Crippen molar-refractivity contribution in [3.05, 3.63) is 12.2 Å². The van der Waals surface area contributed by atoms with Gasteiger partial charge in [0.2, 0.25) is 0 Å². The normalized spacial score (nSPS) is 12.0. The third-order valence-corrected chi connectivity index (χ3v) is 2.42. The summed E-state index contributed by atoms with van der Waals surface area (Å²) in [5, 5.41) is 0. The van der Waals surface area contributed by atoms with E-state index in [1.807, 2.05) is 19.1 Å². The summed E-state index contributed by atoms with van der Waals surface area (Å²) in [6.45, 7) is 5.33. The largest absolute Gasteiger partial charge is 0.446 e. The van der Waals surface area contributed by atoms with Crippen molar-refractivity contribution in [2.75, 3.05) is 6.54 Å². The Bertz CT molecular complexity index is 335. The maximum absolute atomic E-state index is 11.2. The van der Waals surface area contributed by atoms with Crippen LogP contribution in [0.5, 0.6) is 0 Å². The van der Waals surface area contributed by atoms with Crippen molar-refractivity contribution in [2.45, 2.75) is 33.3 Å². The molecule has 0 aliphatic carbocycles. The third kappa shape index (κ3) is 8.25. The van der Waals surface area contributed by atoms with Crippen LogP contribution in [0.4, 0.5) is 4.79 Å². The van der Waals surface area contributed by atoms with Gasteiger partial charge in [-0.3, -0.25) is 0 Å². The molecule has 0 aromatic rings. The highest BCUT2D eigenvalue weighted by molar-refractivity contribution is 7.88. The van der Waals surface area contributed by atoms with Crippen molar-refractivity contribution in [1.29, 1.82) is 0 Å². The Labute approximate surface area is 96.2 Å². The molecule has 0 fully saturated rings. The average Bonchev–Trinajstić information content (AvgIpc) is 2.10. The van der Waals surface area contributed by atoms with Gasteiger partial charge in [0.05, 0.1) is 6.10 Å². The number of rotatable bonds is 6. The van der Waals surface area contributed by atoms with Gasteiger partial charge in [-0.25, -0.2) is 9.52 Å². The van der Waals surface area contributed by atoms with E-state index in [2.05, 4.69) is 9.46 Å². The lowest BCUT2D eigenvalue weighted by atomic mass is 10.4. The van der Waals surface area contributed by atoms with Crippen LogP contribution < -0.4 is 9.44 Å². The topological polar surface area (TPSA) is 84.5 Å². The molecule has 0 saturated carbocycles. The van der Waals surface area contributed by atoms with E-state index in [1.54, 1.807) is 18.6 Å². The van der Waals surface area contributed by atoms with E-state index in [-0.39, 0.29) is 12.6 Å². The van der Waals surface area contributed by atoms with Gasteiger partial charge >= 0.3 is 16.3 Å². The molecular weight excluding hydrogens is 232 g/mol. The number of nitrogens with one attached hydrogen (secondary N) is 2. The van der Waals surface area contributed by atoms with E-state index < -0.39 is 16.3 Å². The molecule has 1 amide bonds. The maximum Gasteiger partial charge on any atom is 0.422 e. The van der Waals surface area contributed by atoms with Crippen LogP contribution in [0.2, 0.25) is 0 Å². The molecule has 0 rings (SSSR count). The summed E-state index contributed by atoms with van der Waals surface area (Å²) in [6, 6.07) is 0. The molecule has 7 heteroatoms. The fraction of sp³-hybridized carbons (Fsp3) is 0.667. The molecule has 0 unspecified atom stereocenters. The second-order valence-corrected chi connectivity index (χ2v) is 4.81. The Morgan fingerprint density at radius 2 is 2.06 bits per heavy atom. The van der Waals surface area contributed by atoms with E-state index in [0.717, 1.165) is 0 Å². The highest BCUT2D eigenvalue weighted by atomic mass is 32.2. The lowest BCUT2D eigenvalue weighted by molar-refractivity contribution is 0.121. The molecule has 0 aliphatic rings. The van der Waals surface area contributed by atoms with Crippen molar-refractivity contribution in [1.82, 2.24) is 9.44 Å². The fourth-order valence-corrected chi connectivity index (χ4v) is 1.55. The monoisotopic (exact) mass is 250 g/mol. The Hall–Kier alpha value is -1.08. The number of allylic oxidation sites excluding steroid dienone is 1. The van der Waals surface area contributed by atoms with E-state index in [4.69, 9.17) is 0 Å². The summed E-state index contributed by atoms with van der Waals surface area (Å²) >= 11 is 0. The van der Waals surface area contributed by atoms with E-state index in [9.17, 15) is 13.2 Å². The Morgan fingerprint density at radius 1 is 1.44 bits per heavy atom. The Kier molecular flexibility index (Phi) is 6.75. The van der Waals surface area contributed by atoms with Gasteiger partial charge in [0.15, 0.2) is 0 Å². The van der Waals surface area contributed by atoms with Gasteiger partial charge < -0.3 is 4.74 Å². The molecule has 0 aromatic carbocycles. The second kappa shape index (κ2) is 7.24. The van der Waals surface area contributed by atoms with Crippen LogP contribution in [0, 0.1) is 0 Å². The van der Waals surface area contributed by atoms with Crippen molar-refractivity contribution in [3.8, 4) is 0 Å². The first-order chi connectivity index (χ1) is 7.37. The number of amides is 1. The van der Waals surface area contributed by atoms with Gasteiger partial charge in [0, 0.05) is 6.54 Å². The minimum absolute atomic E-state index is 0.231. The zero-order valence-electron chi connectivity index (χ0n) is 9.69. The first-order valence-electron chi connectivity index (χ1n) is 4.96. The average molecular weight is 250 g/mol. The van der Waals surface area contributed by atoms with Crippen LogP contribution >= 0.6 is 0 Å². The lowest BCUT2D eigenvalue weighted by Crippen LogP contribution is -2.41. The standard InChI is InChI=1S/C9H18N2O4S/c1-4-5-6-7-10-16(13,14)11-9(12)15-8(2)3/h4-5,8,10H,6-7H2,1-3H3,(H,11,12)/b5-4+. The molecule has 0 aromatic heterocycles. The highest BCUT2D eigenvalue weighted by Gasteiger charge is 2.14. The molecule has 2 N–H and O–H groups in total. The molecule has 0 saturated heterocycles. The van der Waals surface area contributed by atoms with E-state index in [1.165, 1.54) is 0 Å². The molecule has 0 radical (unpaired) electrons. The third-order valence-electron chi connectivity index (χ3n) is 1.40. The summed E-state index contributed by atoms with van der Waals surface area (Å²) in [6.07, 6.45) is 2.85. The predicted molar refractivity (Wildman–Crippen MR) is 61.1 cm³/mol. The number of ether oxygens (including phenoxy) is 1. The molecule has 0 atom stereocenters. The van der Waals surface area contributed by atoms with Gasteiger partial charge in [-0.05, 0) is 27.2 Å². The highest BCUT2D eigenvalue weighted by Crippen LogP contribution is 1.90. The number of hydrogen-bond donors (Lipinski definition) is 2. The van der Waals surface area contributed by atoms with Crippen LogP contribution in [0.25, 0.3) is 0 Å². The maximum atomic E-state index is 11.2. The van der Waals surface area contributed by atoms with Crippen molar-refractivity contribution < 1.29 is 17.9 Å². The zero-order chi connectivity index (χ0) is 12.6. The molecule has 0 aliphatic heterocycles. The molecule has 16 heavy (non-hydrogen) atoms. The molecule has 0 bridgehead atoms. The van der Waals surface area contributed by atoms with Crippen LogP contribution in [0.3, 0.4) is 0 Å². The van der Waals surface area contributed by atoms with Crippen LogP contribution in [0.1, 0.15) is 27.2 Å². The van der Waals surface area contributed by atoms with Crippen LogP contribution in [-0.2, 0) is 14.9 Å². The summed E-state index contributed by atoms with van der Waals surface area (Å²) in [7, 11) is -3.82. The fourth-order valence-electron chi connectivity index (χ4n) is 0.827. The van der Waals surface area contributed by atoms with Crippen molar-refractivity contribution in [2.24, 2.45) is 0 Å². The zero-order valence-corrected chi connectivity index (χ0v) is 10.5. The quantitative estimate of drug-likeness (QED) is 0.542. The smallest absolute Gasteiger partial charge is 0.422 e. The summed E-state index contributed by atoms with van der Waals surface area (Å²) in [5.74, 6) is 0. The Morgan fingerprint density at radius 3 is 2.56 bits per heavy atom. The van der Waals surface area contributed by atoms with Gasteiger partial charge in [-0.1, -0.05) is 12.2 Å². The predicted octanol–water partition coefficient (Wildman–Crippen LogP) is 0.922. The number of hydrogen-bond acceptors (Lipinski definition) is 4. The summed E-state index contributed by atoms with van der Waals surface area (Å²) in [5.41, 5.74) is 0. The molecule has 0 spiro atoms. The first-order valence-corrected chi connectivity index (χ1v) is 6.45. The van der Waals surface area contributed by atoms with E-state index in [0.29, 0.717) is 6.42 Å². The van der Waals surface area contributed by atoms with Gasteiger partial charge in [0.25, 0.3) is 0 Å². The first kappa shape index (κ1) is 14.9. The molecular formula is C9H18N2O4S. The molecule has 6 nitrogen and oxygen atoms in total. The van der Waals surface area contributed by atoms with E-state index >= 15 is 0 Å². The van der Waals surface area contributed by atoms with Crippen molar-refractivity contribution in [3.63, 3.8) is 0 Å². The van der Waals surface area contributed by atoms with Gasteiger partial charge in [0.1, 0.15) is 0 Å². The second-order valence-electron chi connectivity index (χ2n) is 3.31. The lowest BCUT2D eigenvalue weighted by Gasteiger charge is -2.10. The minimum atomic E-state index is -3.82. The summed E-state index contributed by atoms with van der Waals surface area (Å²) < 4.78 is 31.1. The summed E-state index contributed by atoms with van der Waals surface area (Å²) in [4.78, 5) is 11.0. The van der Waals surface area contributed by atoms with Crippen molar-refractivity contribution >= 4 is 16.3 Å². The molecule has 0 heterocycles. The Balaban J connectivity index is 4.00.